The predicted octanol–water partition coefficient (Wildman–Crippen LogP) is 3.28. The van der Waals surface area contributed by atoms with Crippen LogP contribution in [0.5, 0.6) is 0 Å². The molecule has 1 aliphatic rings. The largest absolute Gasteiger partial charge is 0.445 e. The summed E-state index contributed by atoms with van der Waals surface area (Å²) in [4.78, 5) is 30.1. The second kappa shape index (κ2) is 10.7. The minimum absolute atomic E-state index is 0.0822. The van der Waals surface area contributed by atoms with Crippen LogP contribution in [0.2, 0.25) is 0 Å². The van der Waals surface area contributed by atoms with Gasteiger partial charge in [0.25, 0.3) is 0 Å². The van der Waals surface area contributed by atoms with Gasteiger partial charge in [-0.2, -0.15) is 0 Å². The third-order valence-electron chi connectivity index (χ3n) is 4.38. The summed E-state index contributed by atoms with van der Waals surface area (Å²) < 4.78 is 19.1. The first kappa shape index (κ1) is 21.8. The second-order valence-corrected chi connectivity index (χ2v) is 7.65. The summed E-state index contributed by atoms with van der Waals surface area (Å²) >= 11 is 3.24. The normalized spacial score (nSPS) is 16.2. The highest BCUT2D eigenvalue weighted by atomic mass is 79.9. The van der Waals surface area contributed by atoms with Gasteiger partial charge in [-0.25, -0.2) is 9.18 Å². The zero-order valence-electron chi connectivity index (χ0n) is 16.0. The summed E-state index contributed by atoms with van der Waals surface area (Å²) in [6.45, 7) is 0.316. The molecule has 0 spiro atoms. The Labute approximate surface area is 181 Å². The first-order valence-corrected chi connectivity index (χ1v) is 10.2. The van der Waals surface area contributed by atoms with Crippen LogP contribution in [0.25, 0.3) is 0 Å². The average molecular weight is 478 g/mol. The van der Waals surface area contributed by atoms with Gasteiger partial charge in [0, 0.05) is 12.8 Å². The van der Waals surface area contributed by atoms with Gasteiger partial charge in [0.05, 0.1) is 6.54 Å². The van der Waals surface area contributed by atoms with Crippen molar-refractivity contribution in [1.29, 1.82) is 0 Å². The highest BCUT2D eigenvalue weighted by Crippen LogP contribution is 2.13. The zero-order chi connectivity index (χ0) is 21.3. The van der Waals surface area contributed by atoms with E-state index in [2.05, 4.69) is 31.7 Å². The van der Waals surface area contributed by atoms with Gasteiger partial charge in [-0.15, -0.1) is 0 Å². The molecule has 0 saturated heterocycles. The molecule has 2 aromatic carbocycles. The second-order valence-electron chi connectivity index (χ2n) is 6.73. The molecule has 1 aliphatic heterocycles. The third-order valence-corrected chi connectivity index (χ3v) is 4.84. The molecular weight excluding hydrogens is 457 g/mol. The Hall–Kier alpha value is -2.94. The summed E-state index contributed by atoms with van der Waals surface area (Å²) in [6, 6.07) is 14.1. The third kappa shape index (κ3) is 6.84. The molecule has 2 amide bonds. The molecule has 0 radical (unpaired) electrons. The number of carbonyl (C=O) groups is 2. The van der Waals surface area contributed by atoms with Crippen LogP contribution in [0.4, 0.5) is 9.18 Å². The minimum atomic E-state index is -0.899. The van der Waals surface area contributed by atoms with E-state index >= 15 is 0 Å². The summed E-state index contributed by atoms with van der Waals surface area (Å²) in [6.07, 6.45) is -0.266. The van der Waals surface area contributed by atoms with E-state index < -0.39 is 18.0 Å². The lowest BCUT2D eigenvalue weighted by Gasteiger charge is -2.19. The SMILES string of the molecule is O=C(NC(Cc1ccc(F)cc1)C(=O)NC[C@@H]1CC(Br)=NO1)OCc1ccccc1. The highest BCUT2D eigenvalue weighted by Gasteiger charge is 2.25. The number of carbonyl (C=O) groups excluding carboxylic acids is 2. The Kier molecular flexibility index (Phi) is 7.78. The van der Waals surface area contributed by atoms with Crippen LogP contribution in [-0.2, 0) is 27.4 Å². The standard InChI is InChI=1S/C21H21BrFN3O4/c22-19-11-17(30-26-19)12-24-20(27)18(10-14-6-8-16(23)9-7-14)25-21(28)29-13-15-4-2-1-3-5-15/h1-9,17-18H,10-13H2,(H,24,27)(H,25,28)/t17-,18?/m0/s1. The van der Waals surface area contributed by atoms with Crippen LogP contribution in [0.15, 0.2) is 59.8 Å². The van der Waals surface area contributed by atoms with Gasteiger partial charge in [-0.3, -0.25) is 4.79 Å². The number of halogens is 2. The Balaban J connectivity index is 1.58. The van der Waals surface area contributed by atoms with Crippen LogP contribution >= 0.6 is 15.9 Å². The van der Waals surface area contributed by atoms with Crippen molar-refractivity contribution in [2.75, 3.05) is 6.54 Å². The van der Waals surface area contributed by atoms with E-state index in [9.17, 15) is 14.0 Å². The van der Waals surface area contributed by atoms with Crippen LogP contribution in [0.1, 0.15) is 17.5 Å². The van der Waals surface area contributed by atoms with E-state index in [0.29, 0.717) is 16.6 Å². The first-order chi connectivity index (χ1) is 14.5. The fourth-order valence-corrected chi connectivity index (χ4v) is 3.26. The molecule has 1 unspecified atom stereocenters. The molecule has 2 N–H and O–H groups in total. The van der Waals surface area contributed by atoms with Crippen molar-refractivity contribution in [3.63, 3.8) is 0 Å². The number of nitrogens with zero attached hydrogens (tertiary/aromatic N) is 1. The molecule has 0 bridgehead atoms. The molecule has 7 nitrogen and oxygen atoms in total. The van der Waals surface area contributed by atoms with Crippen LogP contribution in [0.3, 0.4) is 0 Å². The van der Waals surface area contributed by atoms with Crippen molar-refractivity contribution in [1.82, 2.24) is 10.6 Å². The number of hydrogen-bond donors (Lipinski definition) is 2. The summed E-state index contributed by atoms with van der Waals surface area (Å²) in [5, 5.41) is 9.12. The molecular formula is C21H21BrFN3O4. The lowest BCUT2D eigenvalue weighted by Crippen LogP contribution is -2.49. The molecule has 2 atom stereocenters. The lowest BCUT2D eigenvalue weighted by molar-refractivity contribution is -0.123. The van der Waals surface area contributed by atoms with Crippen molar-refractivity contribution in [2.45, 2.75) is 31.6 Å². The van der Waals surface area contributed by atoms with Gasteiger partial charge in [0.1, 0.15) is 23.1 Å². The summed E-state index contributed by atoms with van der Waals surface area (Å²) in [7, 11) is 0. The number of hydrogen-bond acceptors (Lipinski definition) is 5. The van der Waals surface area contributed by atoms with Crippen molar-refractivity contribution >= 4 is 32.6 Å². The Morgan fingerprint density at radius 1 is 1.17 bits per heavy atom. The van der Waals surface area contributed by atoms with E-state index in [0.717, 1.165) is 5.56 Å². The van der Waals surface area contributed by atoms with Gasteiger partial charge in [0.2, 0.25) is 5.91 Å². The van der Waals surface area contributed by atoms with Gasteiger partial charge >= 0.3 is 6.09 Å². The Morgan fingerprint density at radius 3 is 2.57 bits per heavy atom. The Morgan fingerprint density at radius 2 is 1.90 bits per heavy atom. The van der Waals surface area contributed by atoms with E-state index in [1.54, 1.807) is 12.1 Å². The first-order valence-electron chi connectivity index (χ1n) is 9.37. The van der Waals surface area contributed by atoms with E-state index in [-0.39, 0.29) is 31.5 Å². The van der Waals surface area contributed by atoms with E-state index in [4.69, 9.17) is 9.57 Å². The molecule has 158 valence electrons. The predicted molar refractivity (Wildman–Crippen MR) is 113 cm³/mol. The van der Waals surface area contributed by atoms with Gasteiger partial charge in [-0.05, 0) is 39.2 Å². The maximum absolute atomic E-state index is 13.2. The monoisotopic (exact) mass is 477 g/mol. The van der Waals surface area contributed by atoms with Crippen LogP contribution in [0, 0.1) is 5.82 Å². The number of oxime groups is 1. The molecule has 0 aromatic heterocycles. The van der Waals surface area contributed by atoms with E-state index in [1.807, 2.05) is 30.3 Å². The van der Waals surface area contributed by atoms with Crippen molar-refractivity contribution in [3.8, 4) is 0 Å². The Bertz CT molecular complexity index is 893. The average Bonchev–Trinajstić information content (AvgIpc) is 3.17. The van der Waals surface area contributed by atoms with Gasteiger partial charge < -0.3 is 20.2 Å². The maximum atomic E-state index is 13.2. The number of benzene rings is 2. The lowest BCUT2D eigenvalue weighted by atomic mass is 10.1. The zero-order valence-corrected chi connectivity index (χ0v) is 17.6. The highest BCUT2D eigenvalue weighted by molar-refractivity contribution is 9.18. The summed E-state index contributed by atoms with van der Waals surface area (Å²) in [5.41, 5.74) is 1.53. The molecule has 9 heteroatoms. The van der Waals surface area contributed by atoms with Gasteiger partial charge in [-0.1, -0.05) is 47.6 Å². The minimum Gasteiger partial charge on any atom is -0.445 e. The molecule has 3 rings (SSSR count). The molecule has 2 aromatic rings. The molecule has 30 heavy (non-hydrogen) atoms. The fourth-order valence-electron chi connectivity index (χ4n) is 2.81. The smallest absolute Gasteiger partial charge is 0.408 e. The van der Waals surface area contributed by atoms with Gasteiger partial charge in [0.15, 0.2) is 6.10 Å². The fraction of sp³-hybridized carbons (Fsp3) is 0.286. The number of nitrogens with one attached hydrogen (secondary N) is 2. The topological polar surface area (TPSA) is 89.0 Å². The van der Waals surface area contributed by atoms with Crippen molar-refractivity contribution < 1.29 is 23.6 Å². The number of rotatable bonds is 8. The number of ether oxygens (including phenoxy) is 1. The molecule has 0 saturated carbocycles. The molecule has 1 heterocycles. The maximum Gasteiger partial charge on any atom is 0.408 e. The van der Waals surface area contributed by atoms with Crippen molar-refractivity contribution in [3.05, 3.63) is 71.5 Å². The van der Waals surface area contributed by atoms with Crippen LogP contribution < -0.4 is 10.6 Å². The van der Waals surface area contributed by atoms with Crippen LogP contribution in [-0.4, -0.2) is 35.3 Å². The molecule has 0 aliphatic carbocycles. The number of alkyl carbamates (subject to hydrolysis) is 1. The summed E-state index contributed by atoms with van der Waals surface area (Å²) in [5.74, 6) is -0.776. The molecule has 0 fully saturated rings. The van der Waals surface area contributed by atoms with E-state index in [1.165, 1.54) is 12.1 Å². The number of amides is 2. The van der Waals surface area contributed by atoms with Crippen molar-refractivity contribution in [2.24, 2.45) is 5.16 Å². The quantitative estimate of drug-likeness (QED) is 0.610.